The number of hydrogen-bond donors (Lipinski definition) is 0. The number of rotatable bonds is 6. The fraction of sp³-hybridized carbons (Fsp3) is 0.469. The molecule has 2 saturated heterocycles. The van der Waals surface area contributed by atoms with Crippen LogP contribution in [0.4, 0.5) is 10.2 Å². The predicted octanol–water partition coefficient (Wildman–Crippen LogP) is 5.47. The van der Waals surface area contributed by atoms with Crippen LogP contribution in [0, 0.1) is 0 Å². The highest BCUT2D eigenvalue weighted by molar-refractivity contribution is 6.34. The number of halogens is 2. The number of piperazine rings is 1. The first-order valence-corrected chi connectivity index (χ1v) is 15.0. The molecular weight excluding hydrogens is 541 g/mol. The Kier molecular flexibility index (Phi) is 7.88. The van der Waals surface area contributed by atoms with Crippen molar-refractivity contribution in [3.05, 3.63) is 59.1 Å². The number of carbonyl (C=O) groups is 1. The molecule has 0 N–H and O–H groups in total. The van der Waals surface area contributed by atoms with E-state index in [0.717, 1.165) is 40.7 Å². The van der Waals surface area contributed by atoms with E-state index in [1.165, 1.54) is 30.0 Å². The molecule has 0 unspecified atom stereocenters. The van der Waals surface area contributed by atoms with E-state index in [1.807, 2.05) is 22.9 Å². The molecule has 2 fully saturated rings. The van der Waals surface area contributed by atoms with E-state index < -0.39 is 6.17 Å². The molecule has 6 rings (SSSR count). The molecule has 0 bridgehead atoms. The number of ether oxygens (including phenoxy) is 1. The van der Waals surface area contributed by atoms with Gasteiger partial charge >= 0.3 is 6.01 Å². The summed E-state index contributed by atoms with van der Waals surface area (Å²) in [5.74, 6) is 0.661. The summed E-state index contributed by atoms with van der Waals surface area (Å²) in [7, 11) is 1.92. The third kappa shape index (κ3) is 5.52. The molecule has 0 spiro atoms. The van der Waals surface area contributed by atoms with Gasteiger partial charge < -0.3 is 14.5 Å². The summed E-state index contributed by atoms with van der Waals surface area (Å²) in [4.78, 5) is 28.0. The molecule has 0 radical (unpaired) electrons. The van der Waals surface area contributed by atoms with E-state index in [2.05, 4.69) is 42.7 Å². The maximum Gasteiger partial charge on any atom is 0.319 e. The number of benzene rings is 2. The fourth-order valence-electron chi connectivity index (χ4n) is 6.61. The third-order valence-electron chi connectivity index (χ3n) is 8.86. The number of alkyl halides is 1. The lowest BCUT2D eigenvalue weighted by atomic mass is 9.86. The number of likely N-dealkylation sites (N-methyl/N-ethyl adjacent to an activating group) is 1. The SMILES string of the molecule is C=CC(=O)N1CCN(c2nc(OC[C@@H]3C[C@@H](F)CN3C)nc3cc(-c4cccc5c4CCCC5)c(Cl)cc23)[C@@H](C)C1. The molecule has 3 atom stereocenters. The lowest BCUT2D eigenvalue weighted by molar-refractivity contribution is -0.126. The summed E-state index contributed by atoms with van der Waals surface area (Å²) < 4.78 is 20.2. The zero-order valence-corrected chi connectivity index (χ0v) is 24.5. The Morgan fingerprint density at radius 1 is 1.17 bits per heavy atom. The second kappa shape index (κ2) is 11.6. The van der Waals surface area contributed by atoms with Gasteiger partial charge in [-0.3, -0.25) is 9.69 Å². The van der Waals surface area contributed by atoms with E-state index in [1.54, 1.807) is 0 Å². The Balaban J connectivity index is 1.41. The number of likely N-dealkylation sites (tertiary alicyclic amines) is 1. The fourth-order valence-corrected chi connectivity index (χ4v) is 6.88. The maximum atomic E-state index is 14.0. The van der Waals surface area contributed by atoms with Crippen LogP contribution in [0.2, 0.25) is 5.02 Å². The third-order valence-corrected chi connectivity index (χ3v) is 9.17. The van der Waals surface area contributed by atoms with Crippen LogP contribution in [0.1, 0.15) is 37.3 Å². The van der Waals surface area contributed by atoms with Gasteiger partial charge in [-0.15, -0.1) is 0 Å². The normalized spacial score (nSPS) is 23.1. The minimum absolute atomic E-state index is 0.00598. The highest BCUT2D eigenvalue weighted by atomic mass is 35.5. The molecule has 2 aromatic carbocycles. The van der Waals surface area contributed by atoms with E-state index in [4.69, 9.17) is 26.3 Å². The van der Waals surface area contributed by atoms with Gasteiger partial charge in [0.1, 0.15) is 18.6 Å². The van der Waals surface area contributed by atoms with Crippen molar-refractivity contribution in [1.82, 2.24) is 19.8 Å². The molecule has 3 heterocycles. The smallest absolute Gasteiger partial charge is 0.319 e. The van der Waals surface area contributed by atoms with Crippen molar-refractivity contribution in [2.24, 2.45) is 0 Å². The first-order valence-electron chi connectivity index (χ1n) is 14.6. The number of aryl methyl sites for hydroxylation is 1. The van der Waals surface area contributed by atoms with Crippen LogP contribution in [-0.4, -0.2) is 83.8 Å². The van der Waals surface area contributed by atoms with Gasteiger partial charge in [-0.25, -0.2) is 4.39 Å². The zero-order valence-electron chi connectivity index (χ0n) is 23.8. The van der Waals surface area contributed by atoms with Crippen LogP contribution in [0.3, 0.4) is 0 Å². The Bertz CT molecular complexity index is 1480. The number of fused-ring (bicyclic) bond motifs is 2. The van der Waals surface area contributed by atoms with Crippen molar-refractivity contribution in [3.63, 3.8) is 0 Å². The quantitative estimate of drug-likeness (QED) is 0.362. The van der Waals surface area contributed by atoms with Crippen LogP contribution in [0.5, 0.6) is 6.01 Å². The minimum atomic E-state index is -0.849. The number of aromatic nitrogens is 2. The van der Waals surface area contributed by atoms with E-state index >= 15 is 0 Å². The summed E-state index contributed by atoms with van der Waals surface area (Å²) in [5, 5.41) is 1.50. The molecule has 3 aromatic rings. The molecule has 41 heavy (non-hydrogen) atoms. The number of carbonyl (C=O) groups excluding carboxylic acids is 1. The summed E-state index contributed by atoms with van der Waals surface area (Å²) >= 11 is 7.02. The first-order chi connectivity index (χ1) is 19.8. The average molecular weight is 578 g/mol. The van der Waals surface area contributed by atoms with Crippen LogP contribution in [0.25, 0.3) is 22.0 Å². The lowest BCUT2D eigenvalue weighted by Crippen LogP contribution is -2.53. The molecule has 1 aromatic heterocycles. The molecule has 3 aliphatic rings. The van der Waals surface area contributed by atoms with Crippen LogP contribution >= 0.6 is 11.6 Å². The van der Waals surface area contributed by atoms with E-state index in [0.29, 0.717) is 44.2 Å². The molecule has 9 heteroatoms. The largest absolute Gasteiger partial charge is 0.462 e. The van der Waals surface area contributed by atoms with Crippen molar-refractivity contribution in [2.45, 2.75) is 57.3 Å². The molecule has 216 valence electrons. The lowest BCUT2D eigenvalue weighted by Gasteiger charge is -2.40. The Morgan fingerprint density at radius 2 is 2.00 bits per heavy atom. The van der Waals surface area contributed by atoms with Gasteiger partial charge in [-0.05, 0) is 81.0 Å². The van der Waals surface area contributed by atoms with Crippen LogP contribution in [-0.2, 0) is 17.6 Å². The van der Waals surface area contributed by atoms with Crippen LogP contribution < -0.4 is 9.64 Å². The van der Waals surface area contributed by atoms with Gasteiger partial charge in [-0.1, -0.05) is 36.4 Å². The molecule has 0 saturated carbocycles. The average Bonchev–Trinajstić information content (AvgIpc) is 3.31. The van der Waals surface area contributed by atoms with Crippen molar-refractivity contribution < 1.29 is 13.9 Å². The summed E-state index contributed by atoms with van der Waals surface area (Å²) in [5.41, 5.74) is 5.62. The number of nitrogens with zero attached hydrogens (tertiary/aromatic N) is 5. The Morgan fingerprint density at radius 3 is 2.76 bits per heavy atom. The van der Waals surface area contributed by atoms with Gasteiger partial charge in [0, 0.05) is 54.2 Å². The Hall–Kier alpha value is -3.23. The van der Waals surface area contributed by atoms with Gasteiger partial charge in [0.25, 0.3) is 0 Å². The Labute approximate surface area is 245 Å². The van der Waals surface area contributed by atoms with Crippen LogP contribution in [0.15, 0.2) is 43.0 Å². The van der Waals surface area contributed by atoms with Crippen molar-refractivity contribution in [3.8, 4) is 17.1 Å². The van der Waals surface area contributed by atoms with Crippen molar-refractivity contribution in [2.75, 3.05) is 44.7 Å². The number of amides is 1. The molecule has 2 aliphatic heterocycles. The zero-order chi connectivity index (χ0) is 28.7. The van der Waals surface area contributed by atoms with E-state index in [-0.39, 0.29) is 24.0 Å². The van der Waals surface area contributed by atoms with Gasteiger partial charge in [-0.2, -0.15) is 9.97 Å². The first kappa shape index (κ1) is 27.9. The second-order valence-electron chi connectivity index (χ2n) is 11.6. The molecule has 1 amide bonds. The highest BCUT2D eigenvalue weighted by Crippen LogP contribution is 2.40. The monoisotopic (exact) mass is 577 g/mol. The summed E-state index contributed by atoms with van der Waals surface area (Å²) in [6.45, 7) is 8.16. The molecule has 7 nitrogen and oxygen atoms in total. The highest BCUT2D eigenvalue weighted by Gasteiger charge is 2.31. The standard InChI is InChI=1S/C32H37ClFN5O2/c1-4-30(40)38-12-13-39(20(2)17-38)31-27-15-28(33)26(25-11-7-9-21-8-5-6-10-24(21)25)16-29(27)35-32(36-31)41-19-23-14-22(34)18-37(23)3/h4,7,9,11,15-16,20,22-23H,1,5-6,8,10,12-14,17-19H2,2-3H3/t20-,22+,23-/m0/s1. The summed E-state index contributed by atoms with van der Waals surface area (Å²) in [6.07, 6.45) is 5.46. The van der Waals surface area contributed by atoms with Gasteiger partial charge in [0.05, 0.1) is 5.52 Å². The number of anilines is 1. The topological polar surface area (TPSA) is 61.8 Å². The predicted molar refractivity (Wildman–Crippen MR) is 162 cm³/mol. The summed E-state index contributed by atoms with van der Waals surface area (Å²) in [6, 6.07) is 10.8. The molecule has 1 aliphatic carbocycles. The van der Waals surface area contributed by atoms with Gasteiger partial charge in [0.15, 0.2) is 0 Å². The van der Waals surface area contributed by atoms with Crippen molar-refractivity contribution >= 4 is 34.2 Å². The minimum Gasteiger partial charge on any atom is -0.462 e. The molecular formula is C32H37ClFN5O2. The van der Waals surface area contributed by atoms with E-state index in [9.17, 15) is 9.18 Å². The van der Waals surface area contributed by atoms with Gasteiger partial charge in [0.2, 0.25) is 5.91 Å². The maximum absolute atomic E-state index is 14.0. The number of hydrogen-bond acceptors (Lipinski definition) is 6. The second-order valence-corrected chi connectivity index (χ2v) is 12.0. The van der Waals surface area contributed by atoms with Crippen molar-refractivity contribution in [1.29, 1.82) is 0 Å².